The molecular formula is C14H19ClO3. The quantitative estimate of drug-likeness (QED) is 0.743. The molecule has 1 aromatic carbocycles. The Morgan fingerprint density at radius 2 is 1.94 bits per heavy atom. The number of carbonyl (C=O) groups excluding carboxylic acids is 1. The molecular weight excluding hydrogens is 252 g/mol. The van der Waals surface area contributed by atoms with Crippen LogP contribution in [-0.4, -0.2) is 19.2 Å². The third kappa shape index (κ3) is 3.91. The van der Waals surface area contributed by atoms with E-state index >= 15 is 0 Å². The van der Waals surface area contributed by atoms with E-state index in [0.29, 0.717) is 24.0 Å². The van der Waals surface area contributed by atoms with E-state index in [0.717, 1.165) is 17.5 Å². The first-order chi connectivity index (χ1) is 8.62. The highest BCUT2D eigenvalue weighted by Crippen LogP contribution is 2.29. The van der Waals surface area contributed by atoms with Gasteiger partial charge >= 0.3 is 5.97 Å². The molecule has 0 aliphatic heterocycles. The molecule has 0 saturated carbocycles. The van der Waals surface area contributed by atoms with Gasteiger partial charge in [-0.3, -0.25) is 4.79 Å². The van der Waals surface area contributed by atoms with Crippen molar-refractivity contribution in [3.63, 3.8) is 0 Å². The van der Waals surface area contributed by atoms with Gasteiger partial charge in [-0.2, -0.15) is 0 Å². The van der Waals surface area contributed by atoms with Crippen LogP contribution >= 0.6 is 11.6 Å². The van der Waals surface area contributed by atoms with Crippen molar-refractivity contribution in [1.82, 2.24) is 0 Å². The molecule has 100 valence electrons. The predicted molar refractivity (Wildman–Crippen MR) is 72.3 cm³/mol. The zero-order valence-electron chi connectivity index (χ0n) is 11.1. The lowest BCUT2D eigenvalue weighted by Crippen LogP contribution is -2.11. The van der Waals surface area contributed by atoms with Crippen LogP contribution in [0.1, 0.15) is 31.9 Å². The van der Waals surface area contributed by atoms with Crippen molar-refractivity contribution in [2.45, 2.75) is 33.6 Å². The Bertz CT molecular complexity index is 416. The van der Waals surface area contributed by atoms with Gasteiger partial charge < -0.3 is 9.47 Å². The molecule has 0 aliphatic carbocycles. The summed E-state index contributed by atoms with van der Waals surface area (Å²) in [5, 5.41) is 0.628. The minimum absolute atomic E-state index is 0.226. The van der Waals surface area contributed by atoms with Crippen LogP contribution in [0.5, 0.6) is 5.75 Å². The summed E-state index contributed by atoms with van der Waals surface area (Å²) in [7, 11) is 0. The Morgan fingerprint density at radius 3 is 2.50 bits per heavy atom. The van der Waals surface area contributed by atoms with E-state index in [1.165, 1.54) is 0 Å². The first-order valence-electron chi connectivity index (χ1n) is 6.22. The number of benzene rings is 1. The molecule has 1 aromatic rings. The lowest BCUT2D eigenvalue weighted by atomic mass is 10.0. The average molecular weight is 271 g/mol. The van der Waals surface area contributed by atoms with Gasteiger partial charge in [-0.15, -0.1) is 0 Å². The molecule has 0 aliphatic rings. The van der Waals surface area contributed by atoms with Gasteiger partial charge in [0.15, 0.2) is 0 Å². The van der Waals surface area contributed by atoms with Crippen molar-refractivity contribution in [2.75, 3.05) is 13.2 Å². The summed E-state index contributed by atoms with van der Waals surface area (Å²) in [6, 6.07) is 3.62. The number of hydrogen-bond donors (Lipinski definition) is 0. The van der Waals surface area contributed by atoms with E-state index < -0.39 is 0 Å². The van der Waals surface area contributed by atoms with Gasteiger partial charge in [-0.25, -0.2) is 0 Å². The third-order valence-electron chi connectivity index (χ3n) is 2.57. The number of halogens is 1. The second-order valence-corrected chi connectivity index (χ2v) is 4.25. The zero-order chi connectivity index (χ0) is 13.5. The summed E-state index contributed by atoms with van der Waals surface area (Å²) in [5.41, 5.74) is 1.90. The van der Waals surface area contributed by atoms with E-state index in [-0.39, 0.29) is 12.4 Å². The monoisotopic (exact) mass is 270 g/mol. The summed E-state index contributed by atoms with van der Waals surface area (Å²) in [6.45, 7) is 6.65. The molecule has 0 radical (unpaired) electrons. The van der Waals surface area contributed by atoms with E-state index in [2.05, 4.69) is 0 Å². The van der Waals surface area contributed by atoms with Gasteiger partial charge in [0.25, 0.3) is 0 Å². The minimum Gasteiger partial charge on any atom is -0.494 e. The fourth-order valence-electron chi connectivity index (χ4n) is 1.82. The normalized spacial score (nSPS) is 10.2. The van der Waals surface area contributed by atoms with E-state index in [9.17, 15) is 4.79 Å². The van der Waals surface area contributed by atoms with Crippen LogP contribution in [0.3, 0.4) is 0 Å². The number of rotatable bonds is 6. The summed E-state index contributed by atoms with van der Waals surface area (Å²) < 4.78 is 10.5. The molecule has 0 saturated heterocycles. The molecule has 4 heteroatoms. The first kappa shape index (κ1) is 14.8. The Morgan fingerprint density at radius 1 is 1.22 bits per heavy atom. The van der Waals surface area contributed by atoms with Crippen molar-refractivity contribution in [1.29, 1.82) is 0 Å². The highest BCUT2D eigenvalue weighted by atomic mass is 35.5. The van der Waals surface area contributed by atoms with E-state index in [1.807, 2.05) is 19.9 Å². The van der Waals surface area contributed by atoms with Gasteiger partial charge in [0.05, 0.1) is 19.6 Å². The topological polar surface area (TPSA) is 35.5 Å². The van der Waals surface area contributed by atoms with Crippen molar-refractivity contribution in [2.24, 2.45) is 0 Å². The number of hydrogen-bond acceptors (Lipinski definition) is 3. The zero-order valence-corrected chi connectivity index (χ0v) is 11.8. The second-order valence-electron chi connectivity index (χ2n) is 3.81. The molecule has 0 aromatic heterocycles. The largest absolute Gasteiger partial charge is 0.494 e. The molecule has 18 heavy (non-hydrogen) atoms. The van der Waals surface area contributed by atoms with Gasteiger partial charge in [0.1, 0.15) is 5.75 Å². The maximum Gasteiger partial charge on any atom is 0.310 e. The van der Waals surface area contributed by atoms with Gasteiger partial charge in [-0.1, -0.05) is 18.5 Å². The van der Waals surface area contributed by atoms with Crippen LogP contribution in [0.15, 0.2) is 12.1 Å². The summed E-state index contributed by atoms with van der Waals surface area (Å²) in [6.07, 6.45) is 1.03. The van der Waals surface area contributed by atoms with E-state index in [4.69, 9.17) is 21.1 Å². The first-order valence-corrected chi connectivity index (χ1v) is 6.59. The number of aryl methyl sites for hydroxylation is 1. The summed E-state index contributed by atoms with van der Waals surface area (Å²) in [4.78, 5) is 11.6. The lowest BCUT2D eigenvalue weighted by molar-refractivity contribution is -0.142. The third-order valence-corrected chi connectivity index (χ3v) is 2.79. The van der Waals surface area contributed by atoms with Crippen LogP contribution in [0, 0.1) is 0 Å². The molecule has 0 fully saturated rings. The second kappa shape index (κ2) is 7.27. The smallest absolute Gasteiger partial charge is 0.310 e. The van der Waals surface area contributed by atoms with Gasteiger partial charge in [-0.05, 0) is 38.0 Å². The molecule has 3 nitrogen and oxygen atoms in total. The molecule has 0 amide bonds. The maximum absolute atomic E-state index is 11.6. The summed E-state index contributed by atoms with van der Waals surface area (Å²) in [5.74, 6) is 0.436. The molecule has 0 unspecified atom stereocenters. The number of carbonyl (C=O) groups is 1. The lowest BCUT2D eigenvalue weighted by Gasteiger charge is -2.14. The molecule has 0 atom stereocenters. The SMILES string of the molecule is CCOC(=O)Cc1c(CC)cc(Cl)cc1OCC. The van der Waals surface area contributed by atoms with Gasteiger partial charge in [0, 0.05) is 10.6 Å². The number of ether oxygens (including phenoxy) is 2. The molecule has 1 rings (SSSR count). The minimum atomic E-state index is -0.240. The molecule has 0 bridgehead atoms. The molecule has 0 spiro atoms. The standard InChI is InChI=1S/C14H19ClO3/c1-4-10-7-11(15)8-13(17-5-2)12(10)9-14(16)18-6-3/h7-8H,4-6,9H2,1-3H3. The van der Waals surface area contributed by atoms with Crippen molar-refractivity contribution >= 4 is 17.6 Å². The van der Waals surface area contributed by atoms with Crippen LogP contribution in [0.2, 0.25) is 5.02 Å². The molecule has 0 heterocycles. The van der Waals surface area contributed by atoms with Crippen LogP contribution in [-0.2, 0) is 22.4 Å². The highest BCUT2D eigenvalue weighted by Gasteiger charge is 2.15. The number of esters is 1. The Balaban J connectivity index is 3.08. The van der Waals surface area contributed by atoms with E-state index in [1.54, 1.807) is 13.0 Å². The fraction of sp³-hybridized carbons (Fsp3) is 0.500. The van der Waals surface area contributed by atoms with Crippen LogP contribution < -0.4 is 4.74 Å². The van der Waals surface area contributed by atoms with Crippen molar-refractivity contribution in [3.8, 4) is 5.75 Å². The summed E-state index contributed by atoms with van der Waals surface area (Å²) >= 11 is 6.04. The Hall–Kier alpha value is -1.22. The highest BCUT2D eigenvalue weighted by molar-refractivity contribution is 6.30. The van der Waals surface area contributed by atoms with Crippen molar-refractivity contribution < 1.29 is 14.3 Å². The van der Waals surface area contributed by atoms with Crippen LogP contribution in [0.25, 0.3) is 0 Å². The Kier molecular flexibility index (Phi) is 5.99. The predicted octanol–water partition coefficient (Wildman–Crippen LogP) is 3.41. The van der Waals surface area contributed by atoms with Gasteiger partial charge in [0.2, 0.25) is 0 Å². The van der Waals surface area contributed by atoms with Crippen molar-refractivity contribution in [3.05, 3.63) is 28.3 Å². The molecule has 0 N–H and O–H groups in total. The fourth-order valence-corrected chi connectivity index (χ4v) is 2.05. The van der Waals surface area contributed by atoms with Crippen LogP contribution in [0.4, 0.5) is 0 Å². The maximum atomic E-state index is 11.6. The average Bonchev–Trinajstić information content (AvgIpc) is 2.32. The Labute approximate surface area is 113 Å².